The molecule has 0 bridgehead atoms. The van der Waals surface area contributed by atoms with Crippen molar-refractivity contribution in [3.63, 3.8) is 0 Å². The summed E-state index contributed by atoms with van der Waals surface area (Å²) in [5.74, 6) is 2.27. The fraction of sp³-hybridized carbons (Fsp3) is 0.577. The van der Waals surface area contributed by atoms with E-state index in [4.69, 9.17) is 9.47 Å². The SMILES string of the molecule is CC(C)OC=O.COCC1CN(C)CC(C)C1Oc1cc(N2CCc3cc(SC)ccc32)ncn1. The summed E-state index contributed by atoms with van der Waals surface area (Å²) in [6.07, 6.45) is 4.88. The first-order valence-corrected chi connectivity index (χ1v) is 13.3. The predicted octanol–water partition coefficient (Wildman–Crippen LogP) is 4.05. The van der Waals surface area contributed by atoms with E-state index in [1.54, 1.807) is 39.0 Å². The number of nitrogens with zero attached hydrogens (tertiary/aromatic N) is 4. The summed E-state index contributed by atoms with van der Waals surface area (Å²) >= 11 is 1.78. The third-order valence-electron chi connectivity index (χ3n) is 6.22. The maximum atomic E-state index is 9.39. The second-order valence-corrected chi connectivity index (χ2v) is 10.3. The number of anilines is 2. The van der Waals surface area contributed by atoms with Crippen LogP contribution in [-0.2, 0) is 20.7 Å². The van der Waals surface area contributed by atoms with E-state index in [9.17, 15) is 4.79 Å². The van der Waals surface area contributed by atoms with Gasteiger partial charge >= 0.3 is 0 Å². The van der Waals surface area contributed by atoms with E-state index < -0.39 is 0 Å². The van der Waals surface area contributed by atoms with Gasteiger partial charge in [0.05, 0.1) is 12.7 Å². The fourth-order valence-corrected chi connectivity index (χ4v) is 5.21. The van der Waals surface area contributed by atoms with Crippen molar-refractivity contribution in [3.05, 3.63) is 36.2 Å². The van der Waals surface area contributed by atoms with E-state index in [-0.39, 0.29) is 12.2 Å². The van der Waals surface area contributed by atoms with E-state index >= 15 is 0 Å². The molecule has 1 fully saturated rings. The average Bonchev–Trinajstić information content (AvgIpc) is 3.25. The van der Waals surface area contributed by atoms with Crippen LogP contribution in [0.5, 0.6) is 5.88 Å². The van der Waals surface area contributed by atoms with Crippen molar-refractivity contribution in [2.24, 2.45) is 11.8 Å². The van der Waals surface area contributed by atoms with E-state index in [2.05, 4.69) is 62.9 Å². The number of fused-ring (bicyclic) bond motifs is 1. The van der Waals surface area contributed by atoms with Crippen LogP contribution >= 0.6 is 11.8 Å². The van der Waals surface area contributed by atoms with Gasteiger partial charge < -0.3 is 24.0 Å². The molecule has 1 aromatic carbocycles. The van der Waals surface area contributed by atoms with E-state index in [1.165, 1.54) is 16.1 Å². The molecule has 8 nitrogen and oxygen atoms in total. The minimum atomic E-state index is 0.0301. The molecular formula is C26H38N4O4S. The van der Waals surface area contributed by atoms with Gasteiger partial charge in [-0.25, -0.2) is 9.97 Å². The van der Waals surface area contributed by atoms with Gasteiger partial charge in [0, 0.05) is 55.2 Å². The molecule has 0 aliphatic carbocycles. The molecule has 0 amide bonds. The number of thioether (sulfide) groups is 1. The first-order chi connectivity index (χ1) is 16.9. The zero-order valence-electron chi connectivity index (χ0n) is 21.6. The molecule has 1 aromatic heterocycles. The van der Waals surface area contributed by atoms with Gasteiger partial charge in [-0.2, -0.15) is 0 Å². The standard InChI is InChI=1S/C22H30N4O2S.C4H8O2/c1-15-11-25(2)12-17(13-27-3)22(15)28-21-10-20(23-14-24-21)26-8-7-16-9-18(29-4)5-6-19(16)26;1-4(2)6-3-5/h5-6,9-10,14-15,17,22H,7-8,11-13H2,1-4H3;3-4H,1-2H3. The Balaban J connectivity index is 0.000000509. The molecule has 0 saturated carbocycles. The maximum absolute atomic E-state index is 9.39. The molecule has 0 spiro atoms. The number of hydrogen-bond acceptors (Lipinski definition) is 9. The fourth-order valence-electron chi connectivity index (χ4n) is 4.75. The molecule has 3 unspecified atom stereocenters. The largest absolute Gasteiger partial charge is 0.473 e. The van der Waals surface area contributed by atoms with Gasteiger partial charge in [-0.05, 0) is 57.3 Å². The zero-order valence-corrected chi connectivity index (χ0v) is 22.5. The molecule has 1 saturated heterocycles. The highest BCUT2D eigenvalue weighted by Gasteiger charge is 2.35. The van der Waals surface area contributed by atoms with Crippen molar-refractivity contribution in [3.8, 4) is 5.88 Å². The topological polar surface area (TPSA) is 77.0 Å². The quantitative estimate of drug-likeness (QED) is 0.392. The van der Waals surface area contributed by atoms with E-state index in [1.807, 2.05) is 6.07 Å². The van der Waals surface area contributed by atoms with Crippen LogP contribution < -0.4 is 9.64 Å². The molecule has 3 heterocycles. The summed E-state index contributed by atoms with van der Waals surface area (Å²) in [4.78, 5) is 24.3. The highest BCUT2D eigenvalue weighted by molar-refractivity contribution is 7.98. The Morgan fingerprint density at radius 1 is 1.23 bits per heavy atom. The molecule has 4 rings (SSSR count). The van der Waals surface area contributed by atoms with Gasteiger partial charge in [-0.15, -0.1) is 11.8 Å². The van der Waals surface area contributed by atoms with Crippen molar-refractivity contribution in [2.45, 2.75) is 44.3 Å². The number of hydrogen-bond donors (Lipinski definition) is 0. The van der Waals surface area contributed by atoms with Crippen molar-refractivity contribution >= 4 is 29.7 Å². The second kappa shape index (κ2) is 13.1. The lowest BCUT2D eigenvalue weighted by atomic mass is 9.87. The summed E-state index contributed by atoms with van der Waals surface area (Å²) in [7, 11) is 3.91. The van der Waals surface area contributed by atoms with Gasteiger partial charge in [0.15, 0.2) is 0 Å². The molecule has 2 aliphatic rings. The normalized spacial score (nSPS) is 21.8. The molecule has 192 valence electrons. The minimum Gasteiger partial charge on any atom is -0.473 e. The lowest BCUT2D eigenvalue weighted by molar-refractivity contribution is -0.131. The van der Waals surface area contributed by atoms with Crippen LogP contribution in [0.1, 0.15) is 26.3 Å². The molecule has 35 heavy (non-hydrogen) atoms. The van der Waals surface area contributed by atoms with Crippen molar-refractivity contribution in [1.29, 1.82) is 0 Å². The molecule has 0 radical (unpaired) electrons. The highest BCUT2D eigenvalue weighted by Crippen LogP contribution is 2.36. The highest BCUT2D eigenvalue weighted by atomic mass is 32.2. The van der Waals surface area contributed by atoms with Gasteiger partial charge in [0.2, 0.25) is 5.88 Å². The van der Waals surface area contributed by atoms with Crippen LogP contribution in [0.15, 0.2) is 35.5 Å². The summed E-state index contributed by atoms with van der Waals surface area (Å²) in [5.41, 5.74) is 2.61. The van der Waals surface area contributed by atoms with Gasteiger partial charge in [-0.3, -0.25) is 4.79 Å². The van der Waals surface area contributed by atoms with Crippen LogP contribution in [0.3, 0.4) is 0 Å². The number of rotatable bonds is 8. The maximum Gasteiger partial charge on any atom is 0.293 e. The van der Waals surface area contributed by atoms with Crippen LogP contribution in [0, 0.1) is 11.8 Å². The minimum absolute atomic E-state index is 0.0301. The third kappa shape index (κ3) is 7.32. The van der Waals surface area contributed by atoms with Crippen LogP contribution in [-0.4, -0.2) is 80.2 Å². The number of methoxy groups -OCH3 is 1. The third-order valence-corrected chi connectivity index (χ3v) is 6.95. The van der Waals surface area contributed by atoms with Crippen molar-refractivity contribution in [1.82, 2.24) is 14.9 Å². The lowest BCUT2D eigenvalue weighted by Gasteiger charge is -2.40. The van der Waals surface area contributed by atoms with Crippen molar-refractivity contribution in [2.75, 3.05) is 51.6 Å². The van der Waals surface area contributed by atoms with E-state index in [0.717, 1.165) is 31.9 Å². The molecular weight excluding hydrogens is 464 g/mol. The molecule has 2 aromatic rings. The number of likely N-dealkylation sites (tertiary alicyclic amines) is 1. The van der Waals surface area contributed by atoms with Gasteiger partial charge in [0.25, 0.3) is 6.47 Å². The van der Waals surface area contributed by atoms with Crippen LogP contribution in [0.25, 0.3) is 0 Å². The molecule has 3 atom stereocenters. The smallest absolute Gasteiger partial charge is 0.293 e. The number of carbonyl (C=O) groups is 1. The van der Waals surface area contributed by atoms with Crippen LogP contribution in [0.2, 0.25) is 0 Å². The Kier molecular flexibility index (Phi) is 10.2. The Hall–Kier alpha value is -2.36. The average molecular weight is 503 g/mol. The predicted molar refractivity (Wildman–Crippen MR) is 140 cm³/mol. The lowest BCUT2D eigenvalue weighted by Crippen LogP contribution is -2.50. The monoisotopic (exact) mass is 502 g/mol. The first kappa shape index (κ1) is 27.2. The number of aromatic nitrogens is 2. The first-order valence-electron chi connectivity index (χ1n) is 12.1. The molecule has 9 heteroatoms. The Morgan fingerprint density at radius 3 is 2.69 bits per heavy atom. The summed E-state index contributed by atoms with van der Waals surface area (Å²) < 4.78 is 16.2. The Morgan fingerprint density at radius 2 is 2.03 bits per heavy atom. The number of carbonyl (C=O) groups excluding carboxylic acids is 1. The zero-order chi connectivity index (χ0) is 25.4. The summed E-state index contributed by atoms with van der Waals surface area (Å²) in [6.45, 7) is 9.89. The Labute approximate surface area is 213 Å². The van der Waals surface area contributed by atoms with Gasteiger partial charge in [0.1, 0.15) is 18.2 Å². The van der Waals surface area contributed by atoms with Crippen LogP contribution in [0.4, 0.5) is 11.5 Å². The molecule has 0 N–H and O–H groups in total. The Bertz CT molecular complexity index is 961. The summed E-state index contributed by atoms with van der Waals surface area (Å²) in [6, 6.07) is 8.64. The number of ether oxygens (including phenoxy) is 3. The van der Waals surface area contributed by atoms with E-state index in [0.29, 0.717) is 30.8 Å². The second-order valence-electron chi connectivity index (χ2n) is 9.39. The van der Waals surface area contributed by atoms with Crippen molar-refractivity contribution < 1.29 is 19.0 Å². The molecule has 2 aliphatic heterocycles. The van der Waals surface area contributed by atoms with Gasteiger partial charge in [-0.1, -0.05) is 6.92 Å². The number of benzene rings is 1. The number of piperidine rings is 1. The summed E-state index contributed by atoms with van der Waals surface area (Å²) in [5, 5.41) is 0.